The summed E-state index contributed by atoms with van der Waals surface area (Å²) in [5.74, 6) is 1.40. The number of hydrogen-bond donors (Lipinski definition) is 3. The lowest BCUT2D eigenvalue weighted by Crippen LogP contribution is -2.41. The maximum Gasteiger partial charge on any atom is 0.305 e. The molecule has 7 nitrogen and oxygen atoms in total. The number of carbonyl (C=O) groups excluding carboxylic acids is 1. The van der Waals surface area contributed by atoms with Crippen LogP contribution in [0.15, 0.2) is 60.7 Å². The third-order valence-electron chi connectivity index (χ3n) is 6.19. The van der Waals surface area contributed by atoms with Gasteiger partial charge in [-0.05, 0) is 30.7 Å². The van der Waals surface area contributed by atoms with Gasteiger partial charge in [-0.3, -0.25) is 4.79 Å². The molecule has 0 amide bonds. The van der Waals surface area contributed by atoms with Crippen molar-refractivity contribution in [2.24, 2.45) is 0 Å². The molecule has 4 atom stereocenters. The number of para-hydroxylation sites is 2. The van der Waals surface area contributed by atoms with E-state index in [2.05, 4.69) is 6.92 Å². The fraction of sp³-hybridized carbons (Fsp3) is 0.567. The van der Waals surface area contributed by atoms with Gasteiger partial charge in [0.1, 0.15) is 42.5 Å². The Kier molecular flexibility index (Phi) is 15.6. The van der Waals surface area contributed by atoms with Gasteiger partial charge in [-0.15, -0.1) is 0 Å². The van der Waals surface area contributed by atoms with Gasteiger partial charge >= 0.3 is 5.97 Å². The molecule has 1 aliphatic rings. The molecule has 0 saturated carbocycles. The fourth-order valence-electron chi connectivity index (χ4n) is 4.00. The molecule has 0 aliphatic carbocycles. The molecule has 0 bridgehead atoms. The maximum absolute atomic E-state index is 11.6. The Morgan fingerprint density at radius 3 is 1.86 bits per heavy atom. The zero-order valence-corrected chi connectivity index (χ0v) is 22.0. The smallest absolute Gasteiger partial charge is 0.305 e. The lowest BCUT2D eigenvalue weighted by molar-refractivity contribution is -0.151. The SMILES string of the molecule is CCCCCCCCCCCC(=O)OC[C@@H](O)C1OC[C@H](O)[C@H]1O.c1ccc(Oc2ccccc2)cc1. The Morgan fingerprint density at radius 2 is 1.38 bits per heavy atom. The van der Waals surface area contributed by atoms with Gasteiger partial charge in [-0.1, -0.05) is 94.7 Å². The van der Waals surface area contributed by atoms with E-state index < -0.39 is 24.4 Å². The molecule has 206 valence electrons. The van der Waals surface area contributed by atoms with Crippen molar-refractivity contribution in [2.75, 3.05) is 13.2 Å². The molecule has 37 heavy (non-hydrogen) atoms. The van der Waals surface area contributed by atoms with Crippen molar-refractivity contribution in [3.05, 3.63) is 60.7 Å². The molecule has 2 aromatic rings. The number of rotatable bonds is 15. The lowest BCUT2D eigenvalue weighted by atomic mass is 10.1. The van der Waals surface area contributed by atoms with Crippen molar-refractivity contribution < 1.29 is 34.3 Å². The quantitative estimate of drug-likeness (QED) is 0.215. The molecule has 3 N–H and O–H groups in total. The first-order chi connectivity index (χ1) is 18.0. The van der Waals surface area contributed by atoms with Crippen LogP contribution in [-0.4, -0.2) is 58.9 Å². The van der Waals surface area contributed by atoms with Crippen molar-refractivity contribution in [2.45, 2.75) is 95.5 Å². The number of unbranched alkanes of at least 4 members (excludes halogenated alkanes) is 8. The molecule has 7 heteroatoms. The Morgan fingerprint density at radius 1 is 0.865 bits per heavy atom. The number of esters is 1. The Hall–Kier alpha value is -2.45. The van der Waals surface area contributed by atoms with E-state index in [1.165, 1.54) is 38.5 Å². The molecule has 0 aromatic heterocycles. The van der Waals surface area contributed by atoms with Crippen LogP contribution in [0.25, 0.3) is 0 Å². The van der Waals surface area contributed by atoms with Gasteiger partial charge in [0.2, 0.25) is 0 Å². The van der Waals surface area contributed by atoms with Crippen LogP contribution in [0.1, 0.15) is 71.1 Å². The fourth-order valence-corrected chi connectivity index (χ4v) is 4.00. The van der Waals surface area contributed by atoms with E-state index in [9.17, 15) is 20.1 Å². The minimum atomic E-state index is -1.14. The summed E-state index contributed by atoms with van der Waals surface area (Å²) in [7, 11) is 0. The largest absolute Gasteiger partial charge is 0.463 e. The highest BCUT2D eigenvalue weighted by molar-refractivity contribution is 5.69. The van der Waals surface area contributed by atoms with Crippen LogP contribution in [-0.2, 0) is 14.3 Å². The number of benzene rings is 2. The zero-order valence-electron chi connectivity index (χ0n) is 22.0. The molecular weight excluding hydrogens is 472 g/mol. The minimum Gasteiger partial charge on any atom is -0.463 e. The first-order valence-corrected chi connectivity index (χ1v) is 13.6. The molecule has 1 fully saturated rings. The average Bonchev–Trinajstić information content (AvgIpc) is 3.25. The van der Waals surface area contributed by atoms with Crippen molar-refractivity contribution in [3.8, 4) is 11.5 Å². The van der Waals surface area contributed by atoms with Gasteiger partial charge in [0, 0.05) is 6.42 Å². The lowest BCUT2D eigenvalue weighted by Gasteiger charge is -2.20. The molecular formula is C30H44O7. The van der Waals surface area contributed by atoms with Crippen molar-refractivity contribution in [3.63, 3.8) is 0 Å². The van der Waals surface area contributed by atoms with Crippen LogP contribution in [0, 0.1) is 0 Å². The number of aliphatic hydroxyl groups is 3. The summed E-state index contributed by atoms with van der Waals surface area (Å²) in [6, 6.07) is 19.5. The summed E-state index contributed by atoms with van der Waals surface area (Å²) < 4.78 is 15.7. The summed E-state index contributed by atoms with van der Waals surface area (Å²) >= 11 is 0. The van der Waals surface area contributed by atoms with Gasteiger partial charge < -0.3 is 29.5 Å². The predicted octanol–water partition coefficient (Wildman–Crippen LogP) is 5.41. The number of hydrogen-bond acceptors (Lipinski definition) is 7. The van der Waals surface area contributed by atoms with Crippen LogP contribution in [0.4, 0.5) is 0 Å². The van der Waals surface area contributed by atoms with Crippen LogP contribution in [0.5, 0.6) is 11.5 Å². The van der Waals surface area contributed by atoms with Crippen molar-refractivity contribution in [1.82, 2.24) is 0 Å². The van der Waals surface area contributed by atoms with Crippen LogP contribution in [0.2, 0.25) is 0 Å². The van der Waals surface area contributed by atoms with Crippen molar-refractivity contribution >= 4 is 5.97 Å². The Balaban J connectivity index is 0.000000308. The van der Waals surface area contributed by atoms with Gasteiger partial charge in [0.25, 0.3) is 0 Å². The van der Waals surface area contributed by atoms with E-state index in [1.807, 2.05) is 60.7 Å². The Bertz CT molecular complexity index is 793. The van der Waals surface area contributed by atoms with Crippen molar-refractivity contribution in [1.29, 1.82) is 0 Å². The summed E-state index contributed by atoms with van der Waals surface area (Å²) in [6.45, 7) is 1.98. The third kappa shape index (κ3) is 13.1. The minimum absolute atomic E-state index is 0.0186. The molecule has 1 heterocycles. The normalized spacial score (nSPS) is 19.5. The summed E-state index contributed by atoms with van der Waals surface area (Å²) in [5, 5.41) is 28.8. The molecule has 1 aliphatic heterocycles. The number of aliphatic hydroxyl groups excluding tert-OH is 3. The highest BCUT2D eigenvalue weighted by Crippen LogP contribution is 2.20. The number of carbonyl (C=O) groups is 1. The Labute approximate surface area is 221 Å². The van der Waals surface area contributed by atoms with E-state index in [0.29, 0.717) is 6.42 Å². The second kappa shape index (κ2) is 18.7. The van der Waals surface area contributed by atoms with Gasteiger partial charge in [0.15, 0.2) is 0 Å². The second-order valence-electron chi connectivity index (χ2n) is 9.41. The molecule has 1 unspecified atom stereocenters. The third-order valence-corrected chi connectivity index (χ3v) is 6.19. The topological polar surface area (TPSA) is 105 Å². The summed E-state index contributed by atoms with van der Waals surface area (Å²) in [5.41, 5.74) is 0. The van der Waals surface area contributed by atoms with Gasteiger partial charge in [-0.2, -0.15) is 0 Å². The van der Waals surface area contributed by atoms with Crippen LogP contribution >= 0.6 is 0 Å². The summed E-state index contributed by atoms with van der Waals surface area (Å²) in [4.78, 5) is 11.6. The van der Waals surface area contributed by atoms with E-state index in [4.69, 9.17) is 14.2 Å². The average molecular weight is 517 g/mol. The molecule has 0 radical (unpaired) electrons. The predicted molar refractivity (Wildman–Crippen MR) is 144 cm³/mol. The van der Waals surface area contributed by atoms with E-state index in [-0.39, 0.29) is 19.2 Å². The molecule has 2 aromatic carbocycles. The van der Waals surface area contributed by atoms with Gasteiger partial charge in [0.05, 0.1) is 6.61 Å². The molecule has 0 spiro atoms. The van der Waals surface area contributed by atoms with Gasteiger partial charge in [-0.25, -0.2) is 0 Å². The van der Waals surface area contributed by atoms with E-state index in [0.717, 1.165) is 30.8 Å². The van der Waals surface area contributed by atoms with E-state index in [1.54, 1.807) is 0 Å². The number of ether oxygens (including phenoxy) is 3. The zero-order chi connectivity index (χ0) is 26.7. The molecule has 3 rings (SSSR count). The highest BCUT2D eigenvalue weighted by atomic mass is 16.6. The molecule has 1 saturated heterocycles. The van der Waals surface area contributed by atoms with Crippen LogP contribution < -0.4 is 4.74 Å². The monoisotopic (exact) mass is 516 g/mol. The summed E-state index contributed by atoms with van der Waals surface area (Å²) in [6.07, 6.45) is 6.84. The first kappa shape index (κ1) is 30.8. The van der Waals surface area contributed by atoms with E-state index >= 15 is 0 Å². The van der Waals surface area contributed by atoms with Crippen LogP contribution in [0.3, 0.4) is 0 Å². The maximum atomic E-state index is 11.6. The second-order valence-corrected chi connectivity index (χ2v) is 9.41. The highest BCUT2D eigenvalue weighted by Gasteiger charge is 2.39. The standard InChI is InChI=1S/C18H34O6.C12H10O/c1-2-3-4-5-6-7-8-9-10-11-16(21)23-13-15(20)18-17(22)14(19)12-24-18;1-3-7-11(8-4-1)13-12-9-5-2-6-10-12/h14-15,17-20,22H,2-13H2,1H3;1-10H/t14-,15+,17+,18?;/m0./s1. The first-order valence-electron chi connectivity index (χ1n) is 13.6.